The second-order valence-corrected chi connectivity index (χ2v) is 4.18. The Morgan fingerprint density at radius 2 is 1.05 bits per heavy atom. The van der Waals surface area contributed by atoms with Crippen molar-refractivity contribution in [1.82, 2.24) is 0 Å². The maximum atomic E-state index is 9.60. The van der Waals surface area contributed by atoms with Crippen LogP contribution in [0.1, 0.15) is 13.3 Å². The lowest BCUT2D eigenvalue weighted by atomic mass is 9.93. The van der Waals surface area contributed by atoms with Crippen LogP contribution in [0.5, 0.6) is 0 Å². The number of aliphatic carboxylic acids is 3. The topological polar surface area (TPSA) is 193 Å². The molecule has 0 aliphatic carbocycles. The molecule has 0 amide bonds. The predicted molar refractivity (Wildman–Crippen MR) is 73.1 cm³/mol. The summed E-state index contributed by atoms with van der Waals surface area (Å²) >= 11 is 0. The molecule has 10 nitrogen and oxygen atoms in total. The van der Waals surface area contributed by atoms with Crippen molar-refractivity contribution < 1.29 is 50.1 Å². The Balaban J connectivity index is -0.000000252. The molecule has 0 rings (SSSR count). The van der Waals surface area contributed by atoms with E-state index >= 15 is 0 Å². The third kappa shape index (κ3) is 16.0. The third-order valence-electron chi connectivity index (χ3n) is 2.01. The monoisotopic (exact) mass is 326 g/mol. The zero-order valence-corrected chi connectivity index (χ0v) is 12.1. The van der Waals surface area contributed by atoms with Gasteiger partial charge in [0.05, 0.1) is 31.8 Å². The van der Waals surface area contributed by atoms with Gasteiger partial charge in [0.2, 0.25) is 0 Å². The van der Waals surface area contributed by atoms with Crippen LogP contribution in [0.3, 0.4) is 0 Å². The molecular formula is C12H22O10. The van der Waals surface area contributed by atoms with Crippen LogP contribution in [-0.4, -0.2) is 80.1 Å². The molecule has 0 saturated heterocycles. The lowest BCUT2D eigenvalue weighted by molar-refractivity contribution is -0.147. The molecule has 10 heteroatoms. The van der Waals surface area contributed by atoms with E-state index in [1.54, 1.807) is 0 Å². The molecule has 0 bridgehead atoms. The van der Waals surface area contributed by atoms with Crippen LogP contribution in [0.15, 0.2) is 12.2 Å². The zero-order valence-electron chi connectivity index (χ0n) is 12.1. The molecule has 0 aliphatic rings. The fourth-order valence-electron chi connectivity index (χ4n) is 0.429. The number of carboxylic acid groups (broad SMARTS) is 3. The molecule has 0 aromatic carbocycles. The van der Waals surface area contributed by atoms with Gasteiger partial charge in [-0.2, -0.15) is 0 Å². The van der Waals surface area contributed by atoms with Crippen molar-refractivity contribution in [2.24, 2.45) is 5.41 Å². The average molecular weight is 326 g/mol. The first-order chi connectivity index (χ1) is 10.0. The summed E-state index contributed by atoms with van der Waals surface area (Å²) < 4.78 is 0. The van der Waals surface area contributed by atoms with E-state index < -0.39 is 56.2 Å². The van der Waals surface area contributed by atoms with Gasteiger partial charge in [-0.1, -0.05) is 6.58 Å². The van der Waals surface area contributed by atoms with Gasteiger partial charge in [0.25, 0.3) is 0 Å². The van der Waals surface area contributed by atoms with E-state index in [4.69, 9.17) is 35.7 Å². The van der Waals surface area contributed by atoms with Gasteiger partial charge in [-0.15, -0.1) is 0 Å². The molecule has 0 heterocycles. The number of hydrogen-bond acceptors (Lipinski definition) is 7. The van der Waals surface area contributed by atoms with E-state index in [9.17, 15) is 14.4 Å². The standard InChI is InChI=1S/C5H12O4.C4H6O2.C3H4O4/c6-1-5(2-7,3-8)4-9;1-3(2)4(5)6;4-2(5)1-3(6)7/h6-9H,1-4H2;1H2,2H3,(H,5,6);1H2,(H,4,5)(H,6,7). The molecule has 130 valence electrons. The van der Waals surface area contributed by atoms with Crippen LogP contribution in [0.2, 0.25) is 0 Å². The highest BCUT2D eigenvalue weighted by Gasteiger charge is 2.26. The summed E-state index contributed by atoms with van der Waals surface area (Å²) in [6.45, 7) is 2.98. The highest BCUT2D eigenvalue weighted by molar-refractivity contribution is 5.88. The van der Waals surface area contributed by atoms with Gasteiger partial charge >= 0.3 is 17.9 Å². The van der Waals surface area contributed by atoms with E-state index in [0.717, 1.165) is 0 Å². The summed E-state index contributed by atoms with van der Waals surface area (Å²) in [7, 11) is 0. The lowest BCUT2D eigenvalue weighted by Crippen LogP contribution is -2.37. The summed E-state index contributed by atoms with van der Waals surface area (Å²) in [5, 5.41) is 57.3. The Morgan fingerprint density at radius 1 is 0.818 bits per heavy atom. The molecule has 0 fully saturated rings. The highest BCUT2D eigenvalue weighted by Crippen LogP contribution is 2.11. The Labute approximate surface area is 126 Å². The van der Waals surface area contributed by atoms with Crippen molar-refractivity contribution in [2.75, 3.05) is 26.4 Å². The van der Waals surface area contributed by atoms with Crippen molar-refractivity contribution in [2.45, 2.75) is 13.3 Å². The van der Waals surface area contributed by atoms with Gasteiger partial charge in [-0.25, -0.2) is 4.79 Å². The molecule has 0 saturated carbocycles. The minimum absolute atomic E-state index is 0.176. The third-order valence-corrected chi connectivity index (χ3v) is 2.01. The molecule has 0 atom stereocenters. The number of carbonyl (C=O) groups is 3. The Morgan fingerprint density at radius 3 is 1.05 bits per heavy atom. The van der Waals surface area contributed by atoms with Gasteiger partial charge < -0.3 is 35.7 Å². The van der Waals surface area contributed by atoms with Crippen molar-refractivity contribution in [3.05, 3.63) is 12.2 Å². The normalized spacial score (nSPS) is 9.50. The van der Waals surface area contributed by atoms with E-state index in [-0.39, 0.29) is 5.57 Å². The number of hydrogen-bond donors (Lipinski definition) is 7. The van der Waals surface area contributed by atoms with Crippen LogP contribution in [-0.2, 0) is 14.4 Å². The van der Waals surface area contributed by atoms with Crippen LogP contribution in [0.4, 0.5) is 0 Å². The second kappa shape index (κ2) is 13.9. The molecule has 0 aliphatic heterocycles. The first-order valence-electron chi connectivity index (χ1n) is 5.77. The predicted octanol–water partition coefficient (Wildman–Crippen LogP) is -1.87. The summed E-state index contributed by atoms with van der Waals surface area (Å²) in [6.07, 6.45) is -0.806. The van der Waals surface area contributed by atoms with E-state index in [1.165, 1.54) is 6.92 Å². The minimum atomic E-state index is -1.31. The van der Waals surface area contributed by atoms with Crippen molar-refractivity contribution in [3.63, 3.8) is 0 Å². The Kier molecular flexibility index (Phi) is 15.8. The molecular weight excluding hydrogens is 304 g/mol. The van der Waals surface area contributed by atoms with Crippen LogP contribution in [0, 0.1) is 5.41 Å². The summed E-state index contributed by atoms with van der Waals surface area (Å²) in [6, 6.07) is 0. The second-order valence-electron chi connectivity index (χ2n) is 4.18. The van der Waals surface area contributed by atoms with Crippen LogP contribution in [0.25, 0.3) is 0 Å². The summed E-state index contributed by atoms with van der Waals surface area (Å²) in [4.78, 5) is 28.5. The van der Waals surface area contributed by atoms with Crippen LogP contribution < -0.4 is 0 Å². The largest absolute Gasteiger partial charge is 0.481 e. The lowest BCUT2D eigenvalue weighted by Gasteiger charge is -2.23. The molecule has 7 N–H and O–H groups in total. The van der Waals surface area contributed by atoms with E-state index in [1.807, 2.05) is 0 Å². The fourth-order valence-corrected chi connectivity index (χ4v) is 0.429. The number of carboxylic acids is 3. The molecule has 0 radical (unpaired) electrons. The Bertz CT molecular complexity index is 317. The fraction of sp³-hybridized carbons (Fsp3) is 0.583. The van der Waals surface area contributed by atoms with Crippen molar-refractivity contribution in [3.8, 4) is 0 Å². The molecule has 22 heavy (non-hydrogen) atoms. The van der Waals surface area contributed by atoms with E-state index in [2.05, 4.69) is 6.58 Å². The summed E-state index contributed by atoms with van der Waals surface area (Å²) in [5.74, 6) is -3.56. The zero-order chi connectivity index (χ0) is 18.3. The van der Waals surface area contributed by atoms with Crippen LogP contribution >= 0.6 is 0 Å². The minimum Gasteiger partial charge on any atom is -0.481 e. The average Bonchev–Trinajstić information content (AvgIpc) is 2.41. The maximum Gasteiger partial charge on any atom is 0.330 e. The van der Waals surface area contributed by atoms with Gasteiger partial charge in [-0.3, -0.25) is 9.59 Å². The summed E-state index contributed by atoms with van der Waals surface area (Å²) in [5.41, 5.74) is -0.935. The number of aliphatic hydroxyl groups is 4. The van der Waals surface area contributed by atoms with Crippen molar-refractivity contribution >= 4 is 17.9 Å². The van der Waals surface area contributed by atoms with Crippen molar-refractivity contribution in [1.29, 1.82) is 0 Å². The molecule has 0 unspecified atom stereocenters. The number of aliphatic hydroxyl groups excluding tert-OH is 4. The first kappa shape index (κ1) is 25.0. The van der Waals surface area contributed by atoms with Gasteiger partial charge in [0.1, 0.15) is 6.42 Å². The highest BCUT2D eigenvalue weighted by atomic mass is 16.4. The molecule has 0 spiro atoms. The van der Waals surface area contributed by atoms with Gasteiger partial charge in [-0.05, 0) is 6.92 Å². The van der Waals surface area contributed by atoms with Gasteiger partial charge in [0.15, 0.2) is 0 Å². The Hall–Kier alpha value is -2.01. The van der Waals surface area contributed by atoms with Gasteiger partial charge in [0, 0.05) is 5.57 Å². The molecule has 0 aromatic rings. The molecule has 0 aromatic heterocycles. The number of rotatable bonds is 7. The van der Waals surface area contributed by atoms with E-state index in [0.29, 0.717) is 0 Å². The SMILES string of the molecule is C=C(C)C(=O)O.O=C(O)CC(=O)O.OCC(CO)(CO)CO. The maximum absolute atomic E-state index is 9.60. The first-order valence-corrected chi connectivity index (χ1v) is 5.77. The smallest absolute Gasteiger partial charge is 0.330 e. The quantitative estimate of drug-likeness (QED) is 0.206.